The lowest BCUT2D eigenvalue weighted by Gasteiger charge is -2.31. The van der Waals surface area contributed by atoms with E-state index in [2.05, 4.69) is 16.5 Å². The highest BCUT2D eigenvalue weighted by molar-refractivity contribution is 7.89. The van der Waals surface area contributed by atoms with Crippen LogP contribution in [0.5, 0.6) is 0 Å². The molecule has 3 rings (SSSR count). The van der Waals surface area contributed by atoms with Gasteiger partial charge in [-0.05, 0) is 24.8 Å². The minimum atomic E-state index is -3.86. The summed E-state index contributed by atoms with van der Waals surface area (Å²) in [5, 5.41) is 11.2. The van der Waals surface area contributed by atoms with E-state index in [-0.39, 0.29) is 10.6 Å². The van der Waals surface area contributed by atoms with Crippen molar-refractivity contribution in [3.63, 3.8) is 0 Å². The Morgan fingerprint density at radius 3 is 2.62 bits per heavy atom. The van der Waals surface area contributed by atoms with E-state index in [1.165, 1.54) is 28.6 Å². The van der Waals surface area contributed by atoms with Crippen molar-refractivity contribution in [1.82, 2.24) is 13.9 Å². The van der Waals surface area contributed by atoms with Crippen LogP contribution >= 0.6 is 0 Å². The van der Waals surface area contributed by atoms with Gasteiger partial charge in [0.15, 0.2) is 4.90 Å². The molecule has 0 atom stereocenters. The number of sulfonamides is 1. The molecule has 0 spiro atoms. The van der Waals surface area contributed by atoms with E-state index in [4.69, 9.17) is 0 Å². The summed E-state index contributed by atoms with van der Waals surface area (Å²) in [6.45, 7) is 3.62. The summed E-state index contributed by atoms with van der Waals surface area (Å²) in [5.74, 6) is 1.40. The van der Waals surface area contributed by atoms with Crippen LogP contribution in [0, 0.1) is 16.0 Å². The minimum absolute atomic E-state index is 0.230. The SMILES string of the molecule is CCc1nccn1CC1CCN(S(=O)(=O)c2ccccc2[N+](=O)[O-])CC1. The van der Waals surface area contributed by atoms with Crippen LogP contribution in [0.3, 0.4) is 0 Å². The topological polar surface area (TPSA) is 98.3 Å². The van der Waals surface area contributed by atoms with Crippen LogP contribution in [0.1, 0.15) is 25.6 Å². The summed E-state index contributed by atoms with van der Waals surface area (Å²) in [6.07, 6.45) is 6.04. The monoisotopic (exact) mass is 378 g/mol. The van der Waals surface area contributed by atoms with E-state index in [1.807, 2.05) is 6.20 Å². The number of rotatable bonds is 6. The summed E-state index contributed by atoms with van der Waals surface area (Å²) in [5.41, 5.74) is -0.374. The molecule has 0 saturated carbocycles. The molecule has 1 aromatic carbocycles. The van der Waals surface area contributed by atoms with Gasteiger partial charge in [0.05, 0.1) is 4.92 Å². The maximum atomic E-state index is 12.8. The summed E-state index contributed by atoms with van der Waals surface area (Å²) in [4.78, 5) is 14.6. The third kappa shape index (κ3) is 3.63. The first-order chi connectivity index (χ1) is 12.4. The van der Waals surface area contributed by atoms with Crippen molar-refractivity contribution in [2.45, 2.75) is 37.6 Å². The number of para-hydroxylation sites is 1. The fourth-order valence-corrected chi connectivity index (χ4v) is 5.02. The molecule has 26 heavy (non-hydrogen) atoms. The quantitative estimate of drug-likeness (QED) is 0.568. The number of imidazole rings is 1. The number of nitro groups is 1. The van der Waals surface area contributed by atoms with Crippen molar-refractivity contribution in [2.75, 3.05) is 13.1 Å². The van der Waals surface area contributed by atoms with Gasteiger partial charge in [-0.2, -0.15) is 4.31 Å². The molecular weight excluding hydrogens is 356 g/mol. The van der Waals surface area contributed by atoms with Gasteiger partial charge in [-0.1, -0.05) is 19.1 Å². The Kier molecular flexibility index (Phi) is 5.38. The van der Waals surface area contributed by atoms with E-state index in [9.17, 15) is 18.5 Å². The Morgan fingerprint density at radius 1 is 1.27 bits per heavy atom. The zero-order chi connectivity index (χ0) is 18.7. The van der Waals surface area contributed by atoms with Crippen molar-refractivity contribution < 1.29 is 13.3 Å². The van der Waals surface area contributed by atoms with Crippen LogP contribution in [0.25, 0.3) is 0 Å². The number of nitro benzene ring substituents is 1. The highest BCUT2D eigenvalue weighted by atomic mass is 32.2. The Hall–Kier alpha value is -2.26. The molecule has 9 heteroatoms. The number of aryl methyl sites for hydroxylation is 1. The first kappa shape index (κ1) is 18.5. The van der Waals surface area contributed by atoms with Crippen LogP contribution < -0.4 is 0 Å². The Balaban J connectivity index is 1.70. The molecule has 2 heterocycles. The second kappa shape index (κ2) is 7.55. The Bertz CT molecular complexity index is 886. The number of hydrogen-bond donors (Lipinski definition) is 0. The highest BCUT2D eigenvalue weighted by Gasteiger charge is 2.34. The standard InChI is InChI=1S/C17H22N4O4S/c1-2-17-18-9-12-19(17)13-14-7-10-20(11-8-14)26(24,25)16-6-4-3-5-15(16)21(22)23/h3-6,9,12,14H,2,7-8,10-11,13H2,1H3. The maximum Gasteiger partial charge on any atom is 0.289 e. The fraction of sp³-hybridized carbons (Fsp3) is 0.471. The molecule has 0 aliphatic carbocycles. The molecule has 8 nitrogen and oxygen atoms in total. The minimum Gasteiger partial charge on any atom is -0.335 e. The molecule has 1 saturated heterocycles. The second-order valence-electron chi connectivity index (χ2n) is 6.42. The normalized spacial score (nSPS) is 16.7. The van der Waals surface area contributed by atoms with Crippen molar-refractivity contribution in [1.29, 1.82) is 0 Å². The van der Waals surface area contributed by atoms with Gasteiger partial charge in [0.25, 0.3) is 5.69 Å². The number of nitrogens with zero attached hydrogens (tertiary/aromatic N) is 4. The fourth-order valence-electron chi connectivity index (χ4n) is 3.40. The molecule has 0 unspecified atom stereocenters. The van der Waals surface area contributed by atoms with Gasteiger partial charge in [0.2, 0.25) is 10.0 Å². The van der Waals surface area contributed by atoms with Crippen molar-refractivity contribution in [2.24, 2.45) is 5.92 Å². The number of aromatic nitrogens is 2. The Labute approximate surface area is 152 Å². The van der Waals surface area contributed by atoms with Gasteiger partial charge in [-0.25, -0.2) is 13.4 Å². The van der Waals surface area contributed by atoms with E-state index >= 15 is 0 Å². The van der Waals surface area contributed by atoms with Gasteiger partial charge in [0, 0.05) is 44.5 Å². The van der Waals surface area contributed by atoms with Crippen LogP contribution in [0.15, 0.2) is 41.6 Å². The lowest BCUT2D eigenvalue weighted by molar-refractivity contribution is -0.387. The smallest absolute Gasteiger partial charge is 0.289 e. The lowest BCUT2D eigenvalue weighted by Crippen LogP contribution is -2.39. The molecule has 140 valence electrons. The average molecular weight is 378 g/mol. The number of benzene rings is 1. The molecule has 1 aliphatic heterocycles. The average Bonchev–Trinajstić information content (AvgIpc) is 3.09. The predicted molar refractivity (Wildman–Crippen MR) is 96.2 cm³/mol. The molecule has 0 radical (unpaired) electrons. The lowest BCUT2D eigenvalue weighted by atomic mass is 9.98. The molecule has 1 aromatic heterocycles. The molecular formula is C17H22N4O4S. The van der Waals surface area contributed by atoms with Crippen LogP contribution in [0.2, 0.25) is 0 Å². The second-order valence-corrected chi connectivity index (χ2v) is 8.33. The van der Waals surface area contributed by atoms with Crippen LogP contribution in [-0.4, -0.2) is 40.3 Å². The van der Waals surface area contributed by atoms with E-state index in [0.29, 0.717) is 19.0 Å². The third-order valence-corrected chi connectivity index (χ3v) is 6.77. The van der Waals surface area contributed by atoms with Crippen molar-refractivity contribution >= 4 is 15.7 Å². The maximum absolute atomic E-state index is 12.8. The van der Waals surface area contributed by atoms with Crippen molar-refractivity contribution in [3.05, 3.63) is 52.6 Å². The van der Waals surface area contributed by atoms with E-state index in [1.54, 1.807) is 6.20 Å². The van der Waals surface area contributed by atoms with Crippen molar-refractivity contribution in [3.8, 4) is 0 Å². The first-order valence-corrected chi connectivity index (χ1v) is 10.1. The molecule has 1 aliphatic rings. The zero-order valence-corrected chi connectivity index (χ0v) is 15.4. The molecule has 2 aromatic rings. The Morgan fingerprint density at radius 2 is 1.96 bits per heavy atom. The van der Waals surface area contributed by atoms with Gasteiger partial charge < -0.3 is 4.57 Å². The summed E-state index contributed by atoms with van der Waals surface area (Å²) in [7, 11) is -3.86. The molecule has 0 bridgehead atoms. The van der Waals surface area contributed by atoms with E-state index < -0.39 is 14.9 Å². The van der Waals surface area contributed by atoms with Gasteiger partial charge in [0.1, 0.15) is 5.82 Å². The largest absolute Gasteiger partial charge is 0.335 e. The molecule has 0 amide bonds. The first-order valence-electron chi connectivity index (χ1n) is 8.67. The van der Waals surface area contributed by atoms with E-state index in [0.717, 1.165) is 31.6 Å². The number of hydrogen-bond acceptors (Lipinski definition) is 5. The third-order valence-electron chi connectivity index (χ3n) is 4.83. The van der Waals surface area contributed by atoms with Crippen LogP contribution in [0.4, 0.5) is 5.69 Å². The van der Waals surface area contributed by atoms with Gasteiger partial charge in [-0.15, -0.1) is 0 Å². The predicted octanol–water partition coefficient (Wildman–Crippen LogP) is 2.45. The zero-order valence-electron chi connectivity index (χ0n) is 14.6. The number of piperidine rings is 1. The highest BCUT2D eigenvalue weighted by Crippen LogP contribution is 2.29. The summed E-state index contributed by atoms with van der Waals surface area (Å²) >= 11 is 0. The van der Waals surface area contributed by atoms with Gasteiger partial charge in [-0.3, -0.25) is 10.1 Å². The molecule has 1 fully saturated rings. The van der Waals surface area contributed by atoms with Crippen LogP contribution in [-0.2, 0) is 23.0 Å². The van der Waals surface area contributed by atoms with Gasteiger partial charge >= 0.3 is 0 Å². The summed E-state index contributed by atoms with van der Waals surface area (Å²) in [6, 6.07) is 5.52. The summed E-state index contributed by atoms with van der Waals surface area (Å²) < 4.78 is 29.2. The molecule has 0 N–H and O–H groups in total.